The van der Waals surface area contributed by atoms with Gasteiger partial charge in [-0.05, 0) is 71.0 Å². The summed E-state index contributed by atoms with van der Waals surface area (Å²) < 4.78 is 45.2. The van der Waals surface area contributed by atoms with E-state index < -0.39 is 76.8 Å². The number of alkyl halides is 3. The maximum atomic E-state index is 14.6. The van der Waals surface area contributed by atoms with Crippen molar-refractivity contribution in [1.29, 1.82) is 0 Å². The van der Waals surface area contributed by atoms with E-state index in [9.17, 15) is 37.5 Å². The molecule has 0 radical (unpaired) electrons. The largest absolute Gasteiger partial charge is 0.453 e. The van der Waals surface area contributed by atoms with Crippen LogP contribution < -0.4 is 16.0 Å². The fourth-order valence-electron chi connectivity index (χ4n) is 7.88. The van der Waals surface area contributed by atoms with E-state index in [1.165, 1.54) is 29.0 Å². The predicted octanol–water partition coefficient (Wildman–Crippen LogP) is 7.40. The van der Waals surface area contributed by atoms with Gasteiger partial charge in [-0.2, -0.15) is 13.2 Å². The molecule has 4 N–H and O–H groups in total. The summed E-state index contributed by atoms with van der Waals surface area (Å²) in [6, 6.07) is 23.3. The summed E-state index contributed by atoms with van der Waals surface area (Å²) >= 11 is 0. The van der Waals surface area contributed by atoms with Crippen LogP contribution in [0.1, 0.15) is 70.2 Å². The van der Waals surface area contributed by atoms with Crippen LogP contribution >= 0.6 is 0 Å². The first kappa shape index (κ1) is 48.1. The minimum Gasteiger partial charge on any atom is -0.453 e. The Morgan fingerprint density at radius 3 is 2.02 bits per heavy atom. The van der Waals surface area contributed by atoms with Crippen molar-refractivity contribution < 1.29 is 42.2 Å². The molecule has 5 atom stereocenters. The standard InChI is InChI=1S/C48H59F3N6O6/c1-46(2,3)40(55-44(61)63-7)42(59)53-36(27-32-19-21-34(22-20-32)37-18-11-12-23-52-37)29-39(58)38(28-31-14-9-8-10-15-31)54-43(60)41(47(4,5)6)57-25-24-56(45(57)62)30-33-16-13-17-35(26-33)48(49,50)51/h8-23,26,36,38-41,58H,24-25,27-30H2,1-7H3,(H,53,59)(H,54,60)(H,55,61)/t36-,38-,39-,40+,41+/m0/s1. The van der Waals surface area contributed by atoms with Gasteiger partial charge in [-0.25, -0.2) is 9.59 Å². The van der Waals surface area contributed by atoms with Crippen LogP contribution in [0.2, 0.25) is 0 Å². The number of rotatable bonds is 16. The molecule has 1 fully saturated rings. The van der Waals surface area contributed by atoms with E-state index in [1.807, 2.05) is 93.6 Å². The lowest BCUT2D eigenvalue weighted by Crippen LogP contribution is -2.59. The smallest absolute Gasteiger partial charge is 0.416 e. The number of ether oxygens (including phenoxy) is 1. The van der Waals surface area contributed by atoms with Gasteiger partial charge < -0.3 is 35.6 Å². The maximum absolute atomic E-state index is 14.6. The number of hydrogen-bond donors (Lipinski definition) is 4. The molecule has 1 aromatic heterocycles. The molecule has 63 heavy (non-hydrogen) atoms. The third kappa shape index (κ3) is 13.3. The Morgan fingerprint density at radius 1 is 0.762 bits per heavy atom. The molecule has 4 aromatic rings. The maximum Gasteiger partial charge on any atom is 0.416 e. The van der Waals surface area contributed by atoms with Gasteiger partial charge in [0.2, 0.25) is 11.8 Å². The Kier molecular flexibility index (Phi) is 15.6. The number of amides is 5. The van der Waals surface area contributed by atoms with Crippen LogP contribution in [0.25, 0.3) is 11.3 Å². The average Bonchev–Trinajstić information content (AvgIpc) is 3.56. The van der Waals surface area contributed by atoms with Crippen LogP contribution in [0.5, 0.6) is 0 Å². The number of aromatic nitrogens is 1. The summed E-state index contributed by atoms with van der Waals surface area (Å²) in [6.45, 7) is 11.2. The molecule has 5 amide bonds. The number of alkyl carbamates (subject to hydrolysis) is 1. The first-order chi connectivity index (χ1) is 29.6. The first-order valence-electron chi connectivity index (χ1n) is 21.0. The lowest BCUT2D eigenvalue weighted by molar-refractivity contribution is -0.137. The zero-order valence-electron chi connectivity index (χ0n) is 36.9. The summed E-state index contributed by atoms with van der Waals surface area (Å²) in [6.07, 6.45) is -4.38. The van der Waals surface area contributed by atoms with Crippen LogP contribution in [0.3, 0.4) is 0 Å². The third-order valence-electron chi connectivity index (χ3n) is 11.1. The number of nitrogens with zero attached hydrogens (tertiary/aromatic N) is 3. The molecule has 0 bridgehead atoms. The highest BCUT2D eigenvalue weighted by molar-refractivity contribution is 5.89. The predicted molar refractivity (Wildman–Crippen MR) is 234 cm³/mol. The molecule has 3 aromatic carbocycles. The van der Waals surface area contributed by atoms with Crippen molar-refractivity contribution >= 4 is 23.9 Å². The van der Waals surface area contributed by atoms with E-state index in [4.69, 9.17) is 4.74 Å². The Bertz CT molecular complexity index is 2160. The zero-order valence-corrected chi connectivity index (χ0v) is 36.9. The molecule has 2 heterocycles. The molecule has 0 aliphatic carbocycles. The van der Waals surface area contributed by atoms with Crippen LogP contribution in [0, 0.1) is 10.8 Å². The summed E-state index contributed by atoms with van der Waals surface area (Å²) in [5.41, 5.74) is 1.31. The molecular formula is C48H59F3N6O6. The molecule has 12 nitrogen and oxygen atoms in total. The molecule has 0 saturated carbocycles. The van der Waals surface area contributed by atoms with Gasteiger partial charge in [0, 0.05) is 37.4 Å². The fraction of sp³-hybridized carbons (Fsp3) is 0.438. The fourth-order valence-corrected chi connectivity index (χ4v) is 7.88. The number of methoxy groups -OCH3 is 1. The van der Waals surface area contributed by atoms with Gasteiger partial charge in [-0.3, -0.25) is 14.6 Å². The van der Waals surface area contributed by atoms with Crippen LogP contribution in [0.15, 0.2) is 103 Å². The number of aliphatic hydroxyl groups is 1. The Morgan fingerprint density at radius 2 is 1.41 bits per heavy atom. The Hall–Kier alpha value is -5.96. The molecular weight excluding hydrogens is 814 g/mol. The van der Waals surface area contributed by atoms with Crippen molar-refractivity contribution in [1.82, 2.24) is 30.7 Å². The first-order valence-corrected chi connectivity index (χ1v) is 21.0. The minimum atomic E-state index is -4.54. The number of halogens is 3. The molecule has 1 saturated heterocycles. The number of benzene rings is 3. The van der Waals surface area contributed by atoms with E-state index in [-0.39, 0.29) is 38.9 Å². The highest BCUT2D eigenvalue weighted by Crippen LogP contribution is 2.32. The van der Waals surface area contributed by atoms with Crippen molar-refractivity contribution in [3.05, 3.63) is 126 Å². The van der Waals surface area contributed by atoms with Crippen molar-refractivity contribution in [3.63, 3.8) is 0 Å². The van der Waals surface area contributed by atoms with Gasteiger partial charge in [0.25, 0.3) is 0 Å². The summed E-state index contributed by atoms with van der Waals surface area (Å²) in [5.74, 6) is -1.01. The van der Waals surface area contributed by atoms with Crippen LogP contribution in [-0.4, -0.2) is 94.3 Å². The lowest BCUT2D eigenvalue weighted by atomic mass is 9.84. The van der Waals surface area contributed by atoms with Crippen LogP contribution in [-0.2, 0) is 39.9 Å². The molecule has 0 spiro atoms. The molecule has 1 aliphatic rings. The quantitative estimate of drug-likeness (QED) is 0.0916. The van der Waals surface area contributed by atoms with Crippen molar-refractivity contribution in [2.45, 2.75) is 104 Å². The lowest BCUT2D eigenvalue weighted by Gasteiger charge is -2.38. The number of carbonyl (C=O) groups is 4. The number of urea groups is 1. The van der Waals surface area contributed by atoms with Gasteiger partial charge in [0.15, 0.2) is 0 Å². The van der Waals surface area contributed by atoms with Gasteiger partial charge in [-0.1, -0.05) is 114 Å². The number of pyridine rings is 1. The van der Waals surface area contributed by atoms with E-state index in [0.717, 1.165) is 34.5 Å². The summed E-state index contributed by atoms with van der Waals surface area (Å²) in [7, 11) is 1.21. The number of hydrogen-bond acceptors (Lipinski definition) is 7. The van der Waals surface area contributed by atoms with Gasteiger partial charge >= 0.3 is 18.3 Å². The molecule has 1 aliphatic heterocycles. The molecule has 15 heteroatoms. The number of nitrogens with one attached hydrogen (secondary N) is 3. The second-order valence-corrected chi connectivity index (χ2v) is 18.2. The highest BCUT2D eigenvalue weighted by atomic mass is 19.4. The monoisotopic (exact) mass is 872 g/mol. The van der Waals surface area contributed by atoms with Gasteiger partial charge in [-0.15, -0.1) is 0 Å². The van der Waals surface area contributed by atoms with Gasteiger partial charge in [0.05, 0.1) is 30.5 Å². The molecule has 338 valence electrons. The molecule has 5 rings (SSSR count). The highest BCUT2D eigenvalue weighted by Gasteiger charge is 2.45. The minimum absolute atomic E-state index is 0.0196. The normalized spacial score (nSPS) is 15.8. The SMILES string of the molecule is COC(=O)N[C@H](C(=O)N[C@@H](Cc1ccc(-c2ccccn2)cc1)C[C@H](O)[C@H](Cc1ccccc1)NC(=O)[C@@H](N1CCN(Cc2cccc(C(F)(F)F)c2)C1=O)C(C)(C)C)C(C)(C)C. The van der Waals surface area contributed by atoms with Crippen molar-refractivity contribution in [3.8, 4) is 11.3 Å². The zero-order chi connectivity index (χ0) is 46.1. The van der Waals surface area contributed by atoms with E-state index in [1.54, 1.807) is 27.0 Å². The van der Waals surface area contributed by atoms with E-state index in [0.29, 0.717) is 5.56 Å². The second-order valence-electron chi connectivity index (χ2n) is 18.2. The Labute approximate surface area is 367 Å². The van der Waals surface area contributed by atoms with E-state index >= 15 is 0 Å². The summed E-state index contributed by atoms with van der Waals surface area (Å²) in [5, 5.41) is 21.0. The third-order valence-corrected chi connectivity index (χ3v) is 11.1. The number of carbonyl (C=O) groups excluding carboxylic acids is 4. The van der Waals surface area contributed by atoms with Crippen molar-refractivity contribution in [2.75, 3.05) is 20.2 Å². The Balaban J connectivity index is 1.41. The van der Waals surface area contributed by atoms with E-state index in [2.05, 4.69) is 20.9 Å². The second kappa shape index (κ2) is 20.5. The van der Waals surface area contributed by atoms with Crippen LogP contribution in [0.4, 0.5) is 22.8 Å². The summed E-state index contributed by atoms with van der Waals surface area (Å²) in [4.78, 5) is 62.3. The van der Waals surface area contributed by atoms with Crippen molar-refractivity contribution in [2.24, 2.45) is 10.8 Å². The molecule has 0 unspecified atom stereocenters. The van der Waals surface area contributed by atoms with Gasteiger partial charge in [0.1, 0.15) is 12.1 Å². The number of aliphatic hydroxyl groups excluding tert-OH is 1. The average molecular weight is 873 g/mol. The topological polar surface area (TPSA) is 153 Å².